The summed E-state index contributed by atoms with van der Waals surface area (Å²) in [5.41, 5.74) is 6.46. The molecule has 6 nitrogen and oxygen atoms in total. The van der Waals surface area contributed by atoms with Gasteiger partial charge in [-0.2, -0.15) is 5.10 Å². The van der Waals surface area contributed by atoms with Crippen LogP contribution in [0.25, 0.3) is 0 Å². The second-order valence-electron chi connectivity index (χ2n) is 3.75. The van der Waals surface area contributed by atoms with Gasteiger partial charge in [0, 0.05) is 12.6 Å². The number of nitrogens with zero attached hydrogens (tertiary/aromatic N) is 3. The lowest BCUT2D eigenvalue weighted by Gasteiger charge is -2.04. The van der Waals surface area contributed by atoms with Gasteiger partial charge in [0.1, 0.15) is 6.33 Å². The van der Waals surface area contributed by atoms with Gasteiger partial charge in [-0.15, -0.1) is 0 Å². The number of hydrogen-bond donors (Lipinski definition) is 2. The van der Waals surface area contributed by atoms with E-state index in [9.17, 15) is 4.79 Å². The Labute approximate surface area is 109 Å². The smallest absolute Gasteiger partial charge is 0.251 e. The summed E-state index contributed by atoms with van der Waals surface area (Å²) in [7, 11) is 1.76. The molecule has 3 N–H and O–H groups in total. The number of carbonyl (C=O) groups excluding carboxylic acids is 1. The maximum Gasteiger partial charge on any atom is 0.251 e. The van der Waals surface area contributed by atoms with Crippen molar-refractivity contribution in [3.8, 4) is 0 Å². The van der Waals surface area contributed by atoms with Crippen molar-refractivity contribution >= 4 is 23.2 Å². The summed E-state index contributed by atoms with van der Waals surface area (Å²) in [5, 5.41) is 7.11. The third kappa shape index (κ3) is 2.78. The monoisotopic (exact) mass is 265 g/mol. The van der Waals surface area contributed by atoms with Crippen molar-refractivity contribution in [3.05, 3.63) is 40.9 Å². The maximum atomic E-state index is 11.8. The molecule has 1 heterocycles. The van der Waals surface area contributed by atoms with Crippen molar-refractivity contribution in [1.82, 2.24) is 20.1 Å². The molecule has 2 rings (SSSR count). The number of halogens is 1. The molecule has 2 aromatic rings. The molecular weight excluding hydrogens is 254 g/mol. The van der Waals surface area contributed by atoms with Crippen LogP contribution >= 0.6 is 11.6 Å². The van der Waals surface area contributed by atoms with Gasteiger partial charge in [0.2, 0.25) is 0 Å². The number of anilines is 1. The molecule has 18 heavy (non-hydrogen) atoms. The Balaban J connectivity index is 2.01. The fraction of sp³-hybridized carbons (Fsp3) is 0.182. The van der Waals surface area contributed by atoms with Crippen LogP contribution in [0.15, 0.2) is 24.5 Å². The van der Waals surface area contributed by atoms with E-state index >= 15 is 0 Å². The van der Waals surface area contributed by atoms with E-state index in [-0.39, 0.29) is 12.5 Å². The summed E-state index contributed by atoms with van der Waals surface area (Å²) in [6.45, 7) is 0.266. The van der Waals surface area contributed by atoms with E-state index in [2.05, 4.69) is 15.4 Å². The molecule has 0 fully saturated rings. The van der Waals surface area contributed by atoms with Crippen molar-refractivity contribution in [3.63, 3.8) is 0 Å². The summed E-state index contributed by atoms with van der Waals surface area (Å²) < 4.78 is 1.57. The molecule has 94 valence electrons. The Morgan fingerprint density at radius 2 is 2.33 bits per heavy atom. The van der Waals surface area contributed by atoms with Crippen molar-refractivity contribution in [1.29, 1.82) is 0 Å². The number of rotatable bonds is 3. The van der Waals surface area contributed by atoms with E-state index in [1.807, 2.05) is 0 Å². The fourth-order valence-electron chi connectivity index (χ4n) is 1.39. The van der Waals surface area contributed by atoms with Crippen molar-refractivity contribution in [2.75, 3.05) is 5.73 Å². The van der Waals surface area contributed by atoms with Gasteiger partial charge in [-0.1, -0.05) is 11.6 Å². The van der Waals surface area contributed by atoms with Crippen LogP contribution in [0.4, 0.5) is 5.69 Å². The van der Waals surface area contributed by atoms with E-state index < -0.39 is 0 Å². The van der Waals surface area contributed by atoms with Crippen LogP contribution in [0.5, 0.6) is 0 Å². The average Bonchev–Trinajstić information content (AvgIpc) is 2.75. The zero-order valence-corrected chi connectivity index (χ0v) is 10.5. The number of aryl methyl sites for hydroxylation is 1. The number of benzene rings is 1. The normalized spacial score (nSPS) is 10.3. The second kappa shape index (κ2) is 5.05. The van der Waals surface area contributed by atoms with Crippen LogP contribution < -0.4 is 11.1 Å². The number of nitrogens with one attached hydrogen (secondary N) is 1. The number of nitrogens with two attached hydrogens (primary N) is 1. The summed E-state index contributed by atoms with van der Waals surface area (Å²) in [4.78, 5) is 15.8. The molecule has 0 aliphatic heterocycles. The zero-order valence-electron chi connectivity index (χ0n) is 9.72. The van der Waals surface area contributed by atoms with Crippen LogP contribution in [0.1, 0.15) is 16.2 Å². The number of aromatic nitrogens is 3. The molecule has 0 atom stereocenters. The van der Waals surface area contributed by atoms with Crippen LogP contribution in [0.3, 0.4) is 0 Å². The predicted octanol–water partition coefficient (Wildman–Crippen LogP) is 0.981. The van der Waals surface area contributed by atoms with E-state index in [4.69, 9.17) is 17.3 Å². The molecule has 1 amide bonds. The van der Waals surface area contributed by atoms with Crippen LogP contribution in [-0.4, -0.2) is 20.7 Å². The molecular formula is C11H12ClN5O. The summed E-state index contributed by atoms with van der Waals surface area (Å²) in [6, 6.07) is 4.73. The van der Waals surface area contributed by atoms with Gasteiger partial charge in [-0.3, -0.25) is 9.48 Å². The van der Waals surface area contributed by atoms with E-state index in [1.54, 1.807) is 30.2 Å². The molecule has 0 spiro atoms. The second-order valence-corrected chi connectivity index (χ2v) is 4.16. The SMILES string of the molecule is Cn1cnc(CNC(=O)c2ccc(N)c(Cl)c2)n1. The Morgan fingerprint density at radius 1 is 1.56 bits per heavy atom. The van der Waals surface area contributed by atoms with Crippen molar-refractivity contribution < 1.29 is 4.79 Å². The Hall–Kier alpha value is -2.08. The predicted molar refractivity (Wildman–Crippen MR) is 68.0 cm³/mol. The Bertz CT molecular complexity index is 581. The highest BCUT2D eigenvalue weighted by molar-refractivity contribution is 6.33. The third-order valence-corrected chi connectivity index (χ3v) is 2.64. The standard InChI is InChI=1S/C11H12ClN5O/c1-17-6-15-10(16-17)5-14-11(18)7-2-3-9(13)8(12)4-7/h2-4,6H,5,13H2,1H3,(H,14,18). The lowest BCUT2D eigenvalue weighted by Crippen LogP contribution is -2.23. The minimum atomic E-state index is -0.246. The minimum absolute atomic E-state index is 0.246. The third-order valence-electron chi connectivity index (χ3n) is 2.32. The first kappa shape index (κ1) is 12.4. The molecule has 1 aromatic heterocycles. The average molecular weight is 266 g/mol. The summed E-state index contributed by atoms with van der Waals surface area (Å²) in [5.74, 6) is 0.303. The van der Waals surface area contributed by atoms with Gasteiger partial charge < -0.3 is 11.1 Å². The van der Waals surface area contributed by atoms with E-state index in [0.29, 0.717) is 22.1 Å². The minimum Gasteiger partial charge on any atom is -0.398 e. The van der Waals surface area contributed by atoms with Crippen LogP contribution in [0.2, 0.25) is 5.02 Å². The highest BCUT2D eigenvalue weighted by Gasteiger charge is 2.08. The summed E-state index contributed by atoms with van der Waals surface area (Å²) in [6.07, 6.45) is 1.57. The molecule has 1 aromatic carbocycles. The Morgan fingerprint density at radius 3 is 2.94 bits per heavy atom. The lowest BCUT2D eigenvalue weighted by molar-refractivity contribution is 0.0950. The van der Waals surface area contributed by atoms with E-state index in [0.717, 1.165) is 0 Å². The first-order valence-corrected chi connectivity index (χ1v) is 5.62. The van der Waals surface area contributed by atoms with Crippen molar-refractivity contribution in [2.24, 2.45) is 7.05 Å². The molecule has 0 unspecified atom stereocenters. The molecule has 0 saturated carbocycles. The highest BCUT2D eigenvalue weighted by Crippen LogP contribution is 2.19. The van der Waals surface area contributed by atoms with Gasteiger partial charge in [0.25, 0.3) is 5.91 Å². The summed E-state index contributed by atoms with van der Waals surface area (Å²) >= 11 is 5.85. The number of carbonyl (C=O) groups is 1. The molecule has 0 bridgehead atoms. The first-order valence-electron chi connectivity index (χ1n) is 5.24. The largest absolute Gasteiger partial charge is 0.398 e. The lowest BCUT2D eigenvalue weighted by atomic mass is 10.2. The number of hydrogen-bond acceptors (Lipinski definition) is 4. The molecule has 0 aliphatic carbocycles. The molecule has 7 heteroatoms. The number of amides is 1. The van der Waals surface area contributed by atoms with Crippen molar-refractivity contribution in [2.45, 2.75) is 6.54 Å². The van der Waals surface area contributed by atoms with Crippen LogP contribution in [-0.2, 0) is 13.6 Å². The van der Waals surface area contributed by atoms with Crippen LogP contribution in [0, 0.1) is 0 Å². The number of nitrogen functional groups attached to an aromatic ring is 1. The first-order chi connectivity index (χ1) is 8.56. The van der Waals surface area contributed by atoms with Gasteiger partial charge in [-0.25, -0.2) is 4.98 Å². The Kier molecular flexibility index (Phi) is 3.47. The topological polar surface area (TPSA) is 85.8 Å². The molecule has 0 aliphatic rings. The van der Waals surface area contributed by atoms with Gasteiger partial charge >= 0.3 is 0 Å². The van der Waals surface area contributed by atoms with Gasteiger partial charge in [0.05, 0.1) is 17.3 Å². The molecule has 0 saturated heterocycles. The zero-order chi connectivity index (χ0) is 13.1. The molecule has 0 radical (unpaired) electrons. The van der Waals surface area contributed by atoms with E-state index in [1.165, 1.54) is 6.07 Å². The highest BCUT2D eigenvalue weighted by atomic mass is 35.5. The fourth-order valence-corrected chi connectivity index (χ4v) is 1.58. The van der Waals surface area contributed by atoms with Gasteiger partial charge in [0.15, 0.2) is 5.82 Å². The van der Waals surface area contributed by atoms with Gasteiger partial charge in [-0.05, 0) is 18.2 Å². The quantitative estimate of drug-likeness (QED) is 0.810. The maximum absolute atomic E-state index is 11.8.